The summed E-state index contributed by atoms with van der Waals surface area (Å²) >= 11 is 0. The fourth-order valence-corrected chi connectivity index (χ4v) is 4.05. The third kappa shape index (κ3) is 7.60. The quantitative estimate of drug-likeness (QED) is 0.404. The Bertz CT molecular complexity index is 1010. The Labute approximate surface area is 219 Å². The van der Waals surface area contributed by atoms with Crippen molar-refractivity contribution < 1.29 is 28.4 Å². The molecule has 3 rings (SSSR count). The number of amides is 1. The second-order valence-electron chi connectivity index (χ2n) is 10.3. The molecule has 0 bridgehead atoms. The van der Waals surface area contributed by atoms with E-state index in [0.717, 1.165) is 5.75 Å². The van der Waals surface area contributed by atoms with Gasteiger partial charge in [0, 0.05) is 25.9 Å². The van der Waals surface area contributed by atoms with Crippen molar-refractivity contribution >= 4 is 18.8 Å². The van der Waals surface area contributed by atoms with Gasteiger partial charge in [-0.15, -0.1) is 0 Å². The van der Waals surface area contributed by atoms with E-state index in [0.29, 0.717) is 19.4 Å². The Kier molecular flexibility index (Phi) is 9.81. The zero-order chi connectivity index (χ0) is 27.1. The topological polar surface area (TPSA) is 109 Å². The molecule has 1 fully saturated rings. The number of nitrogens with one attached hydrogen (secondary N) is 1. The molecule has 37 heavy (non-hydrogen) atoms. The Balaban J connectivity index is 1.68. The molecule has 3 atom stereocenters. The Morgan fingerprint density at radius 1 is 1.05 bits per heavy atom. The van der Waals surface area contributed by atoms with E-state index in [1.165, 1.54) is 25.7 Å². The fourth-order valence-electron chi connectivity index (χ4n) is 4.05. The maximum absolute atomic E-state index is 13.3. The highest BCUT2D eigenvalue weighted by molar-refractivity contribution is 6.47. The van der Waals surface area contributed by atoms with Crippen LogP contribution >= 0.6 is 0 Å². The SMILES string of the molecule is CO[C@@H](C)[C@@H](NC(=O)c1cnccn1)C(=O)CC[C@@H](CCOc1ccccc1)B1OC(C)(C)C(C)(C)O1. The van der Waals surface area contributed by atoms with Gasteiger partial charge in [0.25, 0.3) is 5.91 Å². The molecule has 2 aromatic rings. The molecule has 0 radical (unpaired) electrons. The first-order valence-electron chi connectivity index (χ1n) is 12.7. The van der Waals surface area contributed by atoms with Crippen molar-refractivity contribution in [2.45, 2.75) is 83.0 Å². The lowest BCUT2D eigenvalue weighted by molar-refractivity contribution is -0.124. The van der Waals surface area contributed by atoms with E-state index in [-0.39, 0.29) is 23.7 Å². The van der Waals surface area contributed by atoms with Crippen LogP contribution in [0, 0.1) is 0 Å². The van der Waals surface area contributed by atoms with Gasteiger partial charge in [-0.25, -0.2) is 4.98 Å². The lowest BCUT2D eigenvalue weighted by atomic mass is 9.67. The maximum Gasteiger partial charge on any atom is 0.461 e. The molecule has 0 unspecified atom stereocenters. The van der Waals surface area contributed by atoms with Crippen molar-refractivity contribution in [2.24, 2.45) is 0 Å². The Morgan fingerprint density at radius 3 is 2.32 bits per heavy atom. The van der Waals surface area contributed by atoms with Gasteiger partial charge in [0.05, 0.1) is 30.1 Å². The zero-order valence-electron chi connectivity index (χ0n) is 22.6. The molecule has 9 nitrogen and oxygen atoms in total. The Hall–Kier alpha value is -2.82. The van der Waals surface area contributed by atoms with E-state index in [2.05, 4.69) is 15.3 Å². The summed E-state index contributed by atoms with van der Waals surface area (Å²) in [7, 11) is 1.03. The van der Waals surface area contributed by atoms with Crippen LogP contribution in [0.1, 0.15) is 64.4 Å². The number of hydrogen-bond acceptors (Lipinski definition) is 8. The van der Waals surface area contributed by atoms with E-state index in [9.17, 15) is 9.59 Å². The second-order valence-corrected chi connectivity index (χ2v) is 10.3. The number of ether oxygens (including phenoxy) is 2. The summed E-state index contributed by atoms with van der Waals surface area (Å²) in [5.74, 6) is 0.0704. The molecule has 1 aromatic carbocycles. The molecule has 0 spiro atoms. The minimum atomic E-state index is -0.834. The van der Waals surface area contributed by atoms with E-state index in [1.807, 2.05) is 58.0 Å². The highest BCUT2D eigenvalue weighted by atomic mass is 16.7. The number of benzene rings is 1. The van der Waals surface area contributed by atoms with E-state index < -0.39 is 36.4 Å². The van der Waals surface area contributed by atoms with Gasteiger partial charge in [0.15, 0.2) is 5.78 Å². The van der Waals surface area contributed by atoms with Crippen molar-refractivity contribution in [1.29, 1.82) is 0 Å². The minimum absolute atomic E-state index is 0.0945. The first-order chi connectivity index (χ1) is 17.5. The van der Waals surface area contributed by atoms with Gasteiger partial charge >= 0.3 is 7.12 Å². The summed E-state index contributed by atoms with van der Waals surface area (Å²) in [5.41, 5.74) is -0.840. The number of hydrogen-bond donors (Lipinski definition) is 1. The average molecular weight is 511 g/mol. The summed E-state index contributed by atoms with van der Waals surface area (Å²) in [6.07, 6.45) is 5.09. The largest absolute Gasteiger partial charge is 0.494 e. The van der Waals surface area contributed by atoms with Gasteiger partial charge < -0.3 is 24.1 Å². The van der Waals surface area contributed by atoms with Gasteiger partial charge in [-0.2, -0.15) is 0 Å². The molecule has 1 saturated heterocycles. The van der Waals surface area contributed by atoms with E-state index >= 15 is 0 Å². The van der Waals surface area contributed by atoms with Crippen LogP contribution in [-0.4, -0.2) is 65.8 Å². The molecule has 1 N–H and O–H groups in total. The van der Waals surface area contributed by atoms with E-state index in [4.69, 9.17) is 18.8 Å². The van der Waals surface area contributed by atoms with Crippen LogP contribution in [0.25, 0.3) is 0 Å². The van der Waals surface area contributed by atoms with Crippen LogP contribution in [0.15, 0.2) is 48.9 Å². The van der Waals surface area contributed by atoms with Crippen molar-refractivity contribution in [2.75, 3.05) is 13.7 Å². The average Bonchev–Trinajstić information content (AvgIpc) is 3.11. The third-order valence-electron chi connectivity index (χ3n) is 7.19. The van der Waals surface area contributed by atoms with Crippen LogP contribution in [-0.2, 0) is 18.8 Å². The predicted molar refractivity (Wildman–Crippen MR) is 140 cm³/mol. The van der Waals surface area contributed by atoms with E-state index in [1.54, 1.807) is 6.92 Å². The maximum atomic E-state index is 13.3. The smallest absolute Gasteiger partial charge is 0.461 e. The molecule has 10 heteroatoms. The molecule has 1 aliphatic heterocycles. The van der Waals surface area contributed by atoms with Crippen molar-refractivity contribution in [3.05, 3.63) is 54.6 Å². The summed E-state index contributed by atoms with van der Waals surface area (Å²) < 4.78 is 24.0. The monoisotopic (exact) mass is 511 g/mol. The van der Waals surface area contributed by atoms with Crippen LogP contribution in [0.2, 0.25) is 5.82 Å². The van der Waals surface area contributed by atoms with Crippen LogP contribution < -0.4 is 10.1 Å². The number of rotatable bonds is 13. The number of aromatic nitrogens is 2. The molecule has 200 valence electrons. The standard InChI is InChI=1S/C27H38BN3O6/c1-19(34-6)24(31-25(33)22-18-29-15-16-30-22)23(32)13-12-20(14-17-35-21-10-8-7-9-11-21)28-36-26(2,3)27(4,5)37-28/h7-11,15-16,18-20,24H,12-14,17H2,1-6H3,(H,31,33)/t19-,20-,24+/m0/s1. The van der Waals surface area contributed by atoms with Crippen LogP contribution in [0.3, 0.4) is 0 Å². The van der Waals surface area contributed by atoms with Crippen molar-refractivity contribution in [3.8, 4) is 5.75 Å². The lowest BCUT2D eigenvalue weighted by Crippen LogP contribution is -2.48. The molecule has 2 heterocycles. The van der Waals surface area contributed by atoms with Crippen LogP contribution in [0.5, 0.6) is 5.75 Å². The molecule has 1 aliphatic rings. The van der Waals surface area contributed by atoms with Gasteiger partial charge in [0.1, 0.15) is 17.5 Å². The minimum Gasteiger partial charge on any atom is -0.494 e. The number of carbonyl (C=O) groups excluding carboxylic acids is 2. The molecule has 1 aromatic heterocycles. The third-order valence-corrected chi connectivity index (χ3v) is 7.19. The summed E-state index contributed by atoms with van der Waals surface area (Å²) in [6.45, 7) is 10.2. The normalized spacial score (nSPS) is 18.6. The number of carbonyl (C=O) groups is 2. The molecule has 0 saturated carbocycles. The van der Waals surface area contributed by atoms with Gasteiger partial charge in [0.2, 0.25) is 0 Å². The number of Topliss-reactive ketones (excluding diaryl/α,β-unsaturated/α-hetero) is 1. The summed E-state index contributed by atoms with van der Waals surface area (Å²) in [5, 5.41) is 2.76. The number of ketones is 1. The molecular formula is C27H38BN3O6. The zero-order valence-corrected chi connectivity index (χ0v) is 22.6. The highest BCUT2D eigenvalue weighted by Gasteiger charge is 2.53. The van der Waals surface area contributed by atoms with Gasteiger partial charge in [-0.3, -0.25) is 14.6 Å². The van der Waals surface area contributed by atoms with Gasteiger partial charge in [-0.1, -0.05) is 18.2 Å². The fraction of sp³-hybridized carbons (Fsp3) is 0.556. The number of methoxy groups -OCH3 is 1. The second kappa shape index (κ2) is 12.6. The summed E-state index contributed by atoms with van der Waals surface area (Å²) in [4.78, 5) is 33.9. The highest BCUT2D eigenvalue weighted by Crippen LogP contribution is 2.42. The van der Waals surface area contributed by atoms with Crippen LogP contribution in [0.4, 0.5) is 0 Å². The predicted octanol–water partition coefficient (Wildman–Crippen LogP) is 3.89. The Morgan fingerprint density at radius 2 is 1.73 bits per heavy atom. The van der Waals surface area contributed by atoms with Crippen molar-refractivity contribution in [3.63, 3.8) is 0 Å². The molecule has 0 aliphatic carbocycles. The molecular weight excluding hydrogens is 473 g/mol. The van der Waals surface area contributed by atoms with Gasteiger partial charge in [-0.05, 0) is 65.4 Å². The first-order valence-corrected chi connectivity index (χ1v) is 12.7. The number of para-hydroxylation sites is 1. The van der Waals surface area contributed by atoms with Crippen molar-refractivity contribution in [1.82, 2.24) is 15.3 Å². The lowest BCUT2D eigenvalue weighted by Gasteiger charge is -2.32. The first kappa shape index (κ1) is 28.8. The molecule has 1 amide bonds. The number of nitrogens with zero attached hydrogens (tertiary/aromatic N) is 2. The summed E-state index contributed by atoms with van der Waals surface area (Å²) in [6, 6.07) is 8.76.